The smallest absolute Gasteiger partial charge is 0.127 e. The Labute approximate surface area is 110 Å². The maximum absolute atomic E-state index is 13.9. The van der Waals surface area contributed by atoms with Gasteiger partial charge in [-0.2, -0.15) is 0 Å². The molecule has 0 saturated heterocycles. The van der Waals surface area contributed by atoms with Crippen LogP contribution in [0.25, 0.3) is 0 Å². The van der Waals surface area contributed by atoms with E-state index in [4.69, 9.17) is 0 Å². The van der Waals surface area contributed by atoms with Crippen LogP contribution in [0.15, 0.2) is 18.2 Å². The van der Waals surface area contributed by atoms with E-state index >= 15 is 0 Å². The molecule has 0 bridgehead atoms. The highest BCUT2D eigenvalue weighted by Crippen LogP contribution is 2.32. The van der Waals surface area contributed by atoms with Gasteiger partial charge in [0.1, 0.15) is 5.82 Å². The van der Waals surface area contributed by atoms with Gasteiger partial charge in [-0.25, -0.2) is 4.39 Å². The molecule has 1 saturated carbocycles. The van der Waals surface area contributed by atoms with Crippen molar-refractivity contribution in [2.45, 2.75) is 51.5 Å². The predicted molar refractivity (Wildman–Crippen MR) is 74.1 cm³/mol. The van der Waals surface area contributed by atoms with Gasteiger partial charge >= 0.3 is 0 Å². The first-order valence-electron chi connectivity index (χ1n) is 7.14. The van der Waals surface area contributed by atoms with E-state index in [1.807, 2.05) is 26.1 Å². The van der Waals surface area contributed by atoms with Crippen molar-refractivity contribution in [2.75, 3.05) is 7.05 Å². The molecule has 1 aromatic rings. The maximum Gasteiger partial charge on any atom is 0.127 e. The van der Waals surface area contributed by atoms with Gasteiger partial charge in [0.2, 0.25) is 0 Å². The van der Waals surface area contributed by atoms with E-state index in [1.165, 1.54) is 32.1 Å². The van der Waals surface area contributed by atoms with Crippen molar-refractivity contribution in [3.8, 4) is 0 Å². The van der Waals surface area contributed by atoms with E-state index in [0.29, 0.717) is 0 Å². The lowest BCUT2D eigenvalue weighted by Gasteiger charge is -2.27. The SMILES string of the molecule is CNC(CC1CCCCC1)c1cc(C)ccc1F. The van der Waals surface area contributed by atoms with Crippen LogP contribution in [0.4, 0.5) is 4.39 Å². The predicted octanol–water partition coefficient (Wildman–Crippen LogP) is 4.37. The van der Waals surface area contributed by atoms with E-state index in [2.05, 4.69) is 5.32 Å². The van der Waals surface area contributed by atoms with Crippen LogP contribution in [0.3, 0.4) is 0 Å². The number of benzene rings is 1. The molecule has 1 aromatic carbocycles. The molecule has 100 valence electrons. The molecule has 1 atom stereocenters. The number of nitrogens with one attached hydrogen (secondary N) is 1. The van der Waals surface area contributed by atoms with Crippen LogP contribution in [0, 0.1) is 18.7 Å². The van der Waals surface area contributed by atoms with Gasteiger partial charge in [-0.05, 0) is 32.4 Å². The third-order valence-electron chi connectivity index (χ3n) is 4.17. The Morgan fingerprint density at radius 1 is 1.28 bits per heavy atom. The largest absolute Gasteiger partial charge is 0.313 e. The van der Waals surface area contributed by atoms with Crippen LogP contribution in [-0.4, -0.2) is 7.05 Å². The Morgan fingerprint density at radius 3 is 2.67 bits per heavy atom. The Balaban J connectivity index is 2.09. The molecule has 18 heavy (non-hydrogen) atoms. The van der Waals surface area contributed by atoms with Crippen LogP contribution >= 0.6 is 0 Å². The molecule has 0 aromatic heterocycles. The summed E-state index contributed by atoms with van der Waals surface area (Å²) >= 11 is 0. The maximum atomic E-state index is 13.9. The molecule has 2 heteroatoms. The molecule has 1 fully saturated rings. The highest BCUT2D eigenvalue weighted by atomic mass is 19.1. The average molecular weight is 249 g/mol. The standard InChI is InChI=1S/C16H24FN/c1-12-8-9-15(17)14(10-12)16(18-2)11-13-6-4-3-5-7-13/h8-10,13,16,18H,3-7,11H2,1-2H3. The quantitative estimate of drug-likeness (QED) is 0.835. The number of hydrogen-bond acceptors (Lipinski definition) is 1. The van der Waals surface area contributed by atoms with E-state index < -0.39 is 0 Å². The summed E-state index contributed by atoms with van der Waals surface area (Å²) < 4.78 is 13.9. The van der Waals surface area contributed by atoms with E-state index in [9.17, 15) is 4.39 Å². The first kappa shape index (κ1) is 13.5. The van der Waals surface area contributed by atoms with Crippen molar-refractivity contribution in [1.29, 1.82) is 0 Å². The summed E-state index contributed by atoms with van der Waals surface area (Å²) in [6, 6.07) is 5.58. The van der Waals surface area contributed by atoms with Crippen molar-refractivity contribution < 1.29 is 4.39 Å². The van der Waals surface area contributed by atoms with Gasteiger partial charge in [-0.1, -0.05) is 49.8 Å². The average Bonchev–Trinajstić information content (AvgIpc) is 2.40. The second kappa shape index (κ2) is 6.33. The van der Waals surface area contributed by atoms with Gasteiger partial charge in [-0.15, -0.1) is 0 Å². The molecule has 0 spiro atoms. The number of hydrogen-bond donors (Lipinski definition) is 1. The first-order valence-corrected chi connectivity index (χ1v) is 7.14. The lowest BCUT2D eigenvalue weighted by atomic mass is 9.83. The minimum Gasteiger partial charge on any atom is -0.313 e. The van der Waals surface area contributed by atoms with Gasteiger partial charge in [-0.3, -0.25) is 0 Å². The Hall–Kier alpha value is -0.890. The van der Waals surface area contributed by atoms with Crippen LogP contribution in [0.5, 0.6) is 0 Å². The van der Waals surface area contributed by atoms with Crippen LogP contribution < -0.4 is 5.32 Å². The highest BCUT2D eigenvalue weighted by Gasteiger charge is 2.21. The van der Waals surface area contributed by atoms with Crippen molar-refractivity contribution in [2.24, 2.45) is 5.92 Å². The summed E-state index contributed by atoms with van der Waals surface area (Å²) in [5, 5.41) is 3.29. The molecule has 1 unspecified atom stereocenters. The molecule has 0 amide bonds. The summed E-state index contributed by atoms with van der Waals surface area (Å²) in [7, 11) is 1.94. The van der Waals surface area contributed by atoms with Crippen molar-refractivity contribution in [3.63, 3.8) is 0 Å². The fourth-order valence-electron chi connectivity index (χ4n) is 3.09. The molecule has 1 nitrogen and oxygen atoms in total. The first-order chi connectivity index (χ1) is 8.70. The van der Waals surface area contributed by atoms with Crippen molar-refractivity contribution in [3.05, 3.63) is 35.1 Å². The summed E-state index contributed by atoms with van der Waals surface area (Å²) in [4.78, 5) is 0. The monoisotopic (exact) mass is 249 g/mol. The summed E-state index contributed by atoms with van der Waals surface area (Å²) in [6.45, 7) is 2.02. The van der Waals surface area contributed by atoms with Gasteiger partial charge < -0.3 is 5.32 Å². The minimum atomic E-state index is -0.0734. The van der Waals surface area contributed by atoms with Crippen LogP contribution in [0.2, 0.25) is 0 Å². The van der Waals surface area contributed by atoms with Gasteiger partial charge in [0.15, 0.2) is 0 Å². The fourth-order valence-corrected chi connectivity index (χ4v) is 3.09. The van der Waals surface area contributed by atoms with Gasteiger partial charge in [0, 0.05) is 11.6 Å². The van der Waals surface area contributed by atoms with Gasteiger partial charge in [0.25, 0.3) is 0 Å². The lowest BCUT2D eigenvalue weighted by molar-refractivity contribution is 0.303. The summed E-state index contributed by atoms with van der Waals surface area (Å²) in [6.07, 6.45) is 7.75. The second-order valence-electron chi connectivity index (χ2n) is 5.61. The Bertz CT molecular complexity index is 383. The highest BCUT2D eigenvalue weighted by molar-refractivity contribution is 5.27. The fraction of sp³-hybridized carbons (Fsp3) is 0.625. The summed E-state index contributed by atoms with van der Waals surface area (Å²) in [5.41, 5.74) is 1.97. The number of rotatable bonds is 4. The third kappa shape index (κ3) is 3.32. The number of aryl methyl sites for hydroxylation is 1. The van der Waals surface area contributed by atoms with E-state index in [0.717, 1.165) is 23.5 Å². The zero-order valence-corrected chi connectivity index (χ0v) is 11.5. The normalized spacial score (nSPS) is 18.8. The van der Waals surface area contributed by atoms with E-state index in [-0.39, 0.29) is 11.9 Å². The van der Waals surface area contributed by atoms with E-state index in [1.54, 1.807) is 6.07 Å². The molecule has 0 radical (unpaired) electrons. The Morgan fingerprint density at radius 2 is 2.00 bits per heavy atom. The molecule has 1 aliphatic rings. The lowest BCUT2D eigenvalue weighted by Crippen LogP contribution is -2.22. The minimum absolute atomic E-state index is 0.0734. The zero-order valence-electron chi connectivity index (χ0n) is 11.5. The third-order valence-corrected chi connectivity index (χ3v) is 4.17. The molecule has 1 aliphatic carbocycles. The molecule has 0 aliphatic heterocycles. The number of halogens is 1. The molecule has 1 N–H and O–H groups in total. The molecule has 0 heterocycles. The van der Waals surface area contributed by atoms with Gasteiger partial charge in [0.05, 0.1) is 0 Å². The van der Waals surface area contributed by atoms with Crippen molar-refractivity contribution in [1.82, 2.24) is 5.32 Å². The molecular formula is C16H24FN. The second-order valence-corrected chi connectivity index (χ2v) is 5.61. The van der Waals surface area contributed by atoms with Crippen molar-refractivity contribution >= 4 is 0 Å². The van der Waals surface area contributed by atoms with Crippen LogP contribution in [-0.2, 0) is 0 Å². The topological polar surface area (TPSA) is 12.0 Å². The molecule has 2 rings (SSSR count). The Kier molecular flexibility index (Phi) is 4.76. The summed E-state index contributed by atoms with van der Waals surface area (Å²) in [5.74, 6) is 0.687. The van der Waals surface area contributed by atoms with Crippen LogP contribution in [0.1, 0.15) is 55.7 Å². The molecular weight excluding hydrogens is 225 g/mol. The zero-order chi connectivity index (χ0) is 13.0.